The molecule has 0 aliphatic heterocycles. The number of aryl methyl sites for hydroxylation is 2. The van der Waals surface area contributed by atoms with Crippen LogP contribution in [-0.2, 0) is 13.6 Å². The Bertz CT molecular complexity index is 1070. The average Bonchev–Trinajstić information content (AvgIpc) is 3.25. The number of amides is 1. The molecule has 0 unspecified atom stereocenters. The molecule has 3 aromatic heterocycles. The second-order valence-electron chi connectivity index (χ2n) is 6.05. The zero-order valence-electron chi connectivity index (χ0n) is 14.4. The van der Waals surface area contributed by atoms with Crippen LogP contribution in [0.1, 0.15) is 21.6 Å². The van der Waals surface area contributed by atoms with E-state index in [2.05, 4.69) is 25.5 Å². The Hall–Kier alpha value is -3.55. The number of aromatic nitrogens is 6. The first-order chi connectivity index (χ1) is 12.6. The minimum atomic E-state index is -0.202. The Morgan fingerprint density at radius 2 is 2.04 bits per heavy atom. The maximum atomic E-state index is 12.5. The number of hydrogen-bond donors (Lipinski definition) is 1. The van der Waals surface area contributed by atoms with Crippen molar-refractivity contribution in [2.45, 2.75) is 13.5 Å². The molecule has 0 saturated heterocycles. The van der Waals surface area contributed by atoms with Gasteiger partial charge in [-0.25, -0.2) is 14.6 Å². The molecule has 0 radical (unpaired) electrons. The van der Waals surface area contributed by atoms with Crippen LogP contribution in [0.5, 0.6) is 0 Å². The molecule has 0 fully saturated rings. The molecule has 0 saturated carbocycles. The molecule has 130 valence electrons. The predicted octanol–water partition coefficient (Wildman–Crippen LogP) is 2.17. The molecular weight excluding hydrogens is 330 g/mol. The third-order valence-corrected chi connectivity index (χ3v) is 4.15. The number of anilines is 1. The summed E-state index contributed by atoms with van der Waals surface area (Å²) in [5, 5.41) is 12.2. The van der Waals surface area contributed by atoms with Gasteiger partial charge in [-0.3, -0.25) is 9.48 Å². The van der Waals surface area contributed by atoms with Crippen LogP contribution in [0.4, 0.5) is 5.69 Å². The van der Waals surface area contributed by atoms with Crippen LogP contribution in [0.15, 0.2) is 49.2 Å². The van der Waals surface area contributed by atoms with E-state index in [1.54, 1.807) is 21.9 Å². The van der Waals surface area contributed by atoms with E-state index in [1.165, 1.54) is 6.33 Å². The second-order valence-corrected chi connectivity index (χ2v) is 6.05. The first-order valence-electron chi connectivity index (χ1n) is 8.12. The molecule has 0 aliphatic carbocycles. The van der Waals surface area contributed by atoms with Crippen molar-refractivity contribution >= 4 is 22.6 Å². The van der Waals surface area contributed by atoms with Crippen LogP contribution >= 0.6 is 0 Å². The van der Waals surface area contributed by atoms with Crippen LogP contribution in [-0.4, -0.2) is 35.4 Å². The standard InChI is InChI=1S/C18H17N7O/c1-12-16-7-14(8-20-17(16)24(2)23-12)18(26)22-15-5-3-13(4-6-15)9-25-11-19-10-21-25/h3-8,10-11H,9H2,1-2H3,(H,22,26). The number of benzene rings is 1. The van der Waals surface area contributed by atoms with E-state index >= 15 is 0 Å². The highest BCUT2D eigenvalue weighted by Crippen LogP contribution is 2.18. The molecule has 8 nitrogen and oxygen atoms in total. The van der Waals surface area contributed by atoms with Crippen LogP contribution in [0.2, 0.25) is 0 Å². The molecular formula is C18H17N7O. The molecule has 4 rings (SSSR count). The molecule has 1 aromatic carbocycles. The SMILES string of the molecule is Cc1nn(C)c2ncc(C(=O)Nc3ccc(Cn4cncn4)cc3)cc12. The highest BCUT2D eigenvalue weighted by molar-refractivity contribution is 6.05. The van der Waals surface area contributed by atoms with Crippen molar-refractivity contribution in [1.82, 2.24) is 29.5 Å². The predicted molar refractivity (Wildman–Crippen MR) is 96.8 cm³/mol. The lowest BCUT2D eigenvalue weighted by atomic mass is 10.1. The molecule has 4 aromatic rings. The Morgan fingerprint density at radius 3 is 2.77 bits per heavy atom. The van der Waals surface area contributed by atoms with Gasteiger partial charge < -0.3 is 5.32 Å². The van der Waals surface area contributed by atoms with Gasteiger partial charge >= 0.3 is 0 Å². The number of rotatable bonds is 4. The smallest absolute Gasteiger partial charge is 0.257 e. The fraction of sp³-hybridized carbons (Fsp3) is 0.167. The van der Waals surface area contributed by atoms with E-state index in [0.717, 1.165) is 28.0 Å². The van der Waals surface area contributed by atoms with E-state index in [4.69, 9.17) is 0 Å². The van der Waals surface area contributed by atoms with Gasteiger partial charge in [-0.15, -0.1) is 0 Å². The fourth-order valence-corrected chi connectivity index (χ4v) is 2.83. The van der Waals surface area contributed by atoms with Crippen molar-refractivity contribution in [2.24, 2.45) is 7.05 Å². The maximum absolute atomic E-state index is 12.5. The van der Waals surface area contributed by atoms with Crippen molar-refractivity contribution in [1.29, 1.82) is 0 Å². The van der Waals surface area contributed by atoms with E-state index < -0.39 is 0 Å². The maximum Gasteiger partial charge on any atom is 0.257 e. The lowest BCUT2D eigenvalue weighted by Gasteiger charge is -2.07. The number of fused-ring (bicyclic) bond motifs is 1. The average molecular weight is 347 g/mol. The molecule has 1 N–H and O–H groups in total. The Labute approximate surface area is 149 Å². The number of pyridine rings is 1. The zero-order chi connectivity index (χ0) is 18.1. The van der Waals surface area contributed by atoms with E-state index in [9.17, 15) is 4.79 Å². The van der Waals surface area contributed by atoms with Crippen molar-refractivity contribution < 1.29 is 4.79 Å². The van der Waals surface area contributed by atoms with E-state index in [-0.39, 0.29) is 5.91 Å². The first-order valence-corrected chi connectivity index (χ1v) is 8.12. The Kier molecular flexibility index (Phi) is 3.92. The van der Waals surface area contributed by atoms with Gasteiger partial charge in [0, 0.05) is 24.3 Å². The quantitative estimate of drug-likeness (QED) is 0.611. The molecule has 0 spiro atoms. The molecule has 1 amide bonds. The summed E-state index contributed by atoms with van der Waals surface area (Å²) in [4.78, 5) is 20.8. The molecule has 0 atom stereocenters. The molecule has 26 heavy (non-hydrogen) atoms. The summed E-state index contributed by atoms with van der Waals surface area (Å²) in [5.74, 6) is -0.202. The summed E-state index contributed by atoms with van der Waals surface area (Å²) in [5.41, 5.74) is 3.90. The topological polar surface area (TPSA) is 90.5 Å². The van der Waals surface area contributed by atoms with E-state index in [1.807, 2.05) is 44.3 Å². The minimum Gasteiger partial charge on any atom is -0.322 e. The van der Waals surface area contributed by atoms with Gasteiger partial charge in [-0.2, -0.15) is 10.2 Å². The summed E-state index contributed by atoms with van der Waals surface area (Å²) < 4.78 is 3.45. The van der Waals surface area contributed by atoms with Gasteiger partial charge in [-0.05, 0) is 30.7 Å². The first kappa shape index (κ1) is 15.9. The van der Waals surface area contributed by atoms with Crippen LogP contribution in [0.25, 0.3) is 11.0 Å². The lowest BCUT2D eigenvalue weighted by Crippen LogP contribution is -2.12. The summed E-state index contributed by atoms with van der Waals surface area (Å²) in [6.45, 7) is 2.54. The summed E-state index contributed by atoms with van der Waals surface area (Å²) in [6.07, 6.45) is 4.74. The molecule has 3 heterocycles. The lowest BCUT2D eigenvalue weighted by molar-refractivity contribution is 0.102. The minimum absolute atomic E-state index is 0.202. The van der Waals surface area contributed by atoms with Crippen molar-refractivity contribution in [2.75, 3.05) is 5.32 Å². The Morgan fingerprint density at radius 1 is 1.23 bits per heavy atom. The zero-order valence-corrected chi connectivity index (χ0v) is 14.4. The van der Waals surface area contributed by atoms with Gasteiger partial charge in [-0.1, -0.05) is 12.1 Å². The number of carbonyl (C=O) groups is 1. The van der Waals surface area contributed by atoms with Crippen LogP contribution < -0.4 is 5.32 Å². The fourth-order valence-electron chi connectivity index (χ4n) is 2.83. The largest absolute Gasteiger partial charge is 0.322 e. The van der Waals surface area contributed by atoms with Gasteiger partial charge in [0.15, 0.2) is 5.65 Å². The van der Waals surface area contributed by atoms with Crippen LogP contribution in [0, 0.1) is 6.92 Å². The highest BCUT2D eigenvalue weighted by atomic mass is 16.1. The number of nitrogens with zero attached hydrogens (tertiary/aromatic N) is 6. The van der Waals surface area contributed by atoms with Gasteiger partial charge in [0.05, 0.1) is 17.8 Å². The monoisotopic (exact) mass is 347 g/mol. The van der Waals surface area contributed by atoms with Crippen LogP contribution in [0.3, 0.4) is 0 Å². The molecule has 0 bridgehead atoms. The second kappa shape index (κ2) is 6.40. The van der Waals surface area contributed by atoms with Gasteiger partial charge in [0.2, 0.25) is 0 Å². The highest BCUT2D eigenvalue weighted by Gasteiger charge is 2.12. The summed E-state index contributed by atoms with van der Waals surface area (Å²) in [6, 6.07) is 9.45. The Balaban J connectivity index is 1.50. The number of carbonyl (C=O) groups excluding carboxylic acids is 1. The van der Waals surface area contributed by atoms with Gasteiger partial charge in [0.25, 0.3) is 5.91 Å². The van der Waals surface area contributed by atoms with Gasteiger partial charge in [0.1, 0.15) is 12.7 Å². The number of hydrogen-bond acceptors (Lipinski definition) is 5. The molecule has 0 aliphatic rings. The van der Waals surface area contributed by atoms with Crippen molar-refractivity contribution in [3.8, 4) is 0 Å². The third kappa shape index (κ3) is 3.04. The number of nitrogens with one attached hydrogen (secondary N) is 1. The summed E-state index contributed by atoms with van der Waals surface area (Å²) >= 11 is 0. The normalized spacial score (nSPS) is 11.0. The van der Waals surface area contributed by atoms with E-state index in [0.29, 0.717) is 12.1 Å². The van der Waals surface area contributed by atoms with Crippen molar-refractivity contribution in [3.63, 3.8) is 0 Å². The van der Waals surface area contributed by atoms with Crippen molar-refractivity contribution in [3.05, 3.63) is 66.0 Å². The molecule has 8 heteroatoms. The third-order valence-electron chi connectivity index (χ3n) is 4.15. The summed E-state index contributed by atoms with van der Waals surface area (Å²) in [7, 11) is 1.84.